The van der Waals surface area contributed by atoms with Crippen LogP contribution in [0.3, 0.4) is 0 Å². The molecule has 0 amide bonds. The van der Waals surface area contributed by atoms with Crippen LogP contribution >= 0.6 is 6.49 Å². The normalized spacial score (nSPS) is 36.9. The number of hydrogen-bond donors (Lipinski definition) is 0. The van der Waals surface area contributed by atoms with E-state index in [0.29, 0.717) is 13.0 Å². The van der Waals surface area contributed by atoms with Crippen molar-refractivity contribution in [3.8, 4) is 0 Å². The smallest absolute Gasteiger partial charge is 0.109 e. The van der Waals surface area contributed by atoms with Gasteiger partial charge in [-0.15, -0.1) is 0 Å². The van der Waals surface area contributed by atoms with Crippen LogP contribution in [0.5, 0.6) is 0 Å². The van der Waals surface area contributed by atoms with Crippen molar-refractivity contribution in [3.05, 3.63) is 0 Å². The molecule has 0 aliphatic carbocycles. The molecular weight excluding hydrogens is 222 g/mol. The van der Waals surface area contributed by atoms with Crippen LogP contribution in [-0.4, -0.2) is 46.4 Å². The van der Waals surface area contributed by atoms with Gasteiger partial charge in [0.25, 0.3) is 0 Å². The molecule has 4 nitrogen and oxygen atoms in total. The maximum Gasteiger partial charge on any atom is 0.109 e. The number of ether oxygens (including phenoxy) is 2. The molecule has 1 rings (SSSR count). The van der Waals surface area contributed by atoms with Gasteiger partial charge in [0.05, 0.1) is 12.7 Å². The van der Waals surface area contributed by atoms with Crippen LogP contribution in [0.1, 0.15) is 6.42 Å². The van der Waals surface area contributed by atoms with E-state index >= 15 is 0 Å². The molecule has 0 bridgehead atoms. The largest absolute Gasteiger partial charge is 0.801 e. The van der Waals surface area contributed by atoms with Crippen molar-refractivity contribution in [3.63, 3.8) is 0 Å². The Bertz CT molecular complexity index is 234. The van der Waals surface area contributed by atoms with Gasteiger partial charge in [-0.3, -0.25) is 0 Å². The third kappa shape index (κ3) is 3.97. The van der Waals surface area contributed by atoms with E-state index < -0.39 is 6.49 Å². The Morgan fingerprint density at radius 1 is 1.71 bits per heavy atom. The molecule has 2 unspecified atom stereocenters. The SMILES string of the molecule is [B][C@H]1CC(OP(C)([O-])=S)[C@@H](COC)O1. The quantitative estimate of drug-likeness (QED) is 0.490. The van der Waals surface area contributed by atoms with Crippen molar-refractivity contribution >= 4 is 26.1 Å². The van der Waals surface area contributed by atoms with Crippen molar-refractivity contribution in [2.75, 3.05) is 20.4 Å². The molecule has 1 fully saturated rings. The molecule has 0 saturated carbocycles. The Morgan fingerprint density at radius 2 is 2.36 bits per heavy atom. The minimum Gasteiger partial charge on any atom is -0.801 e. The third-order valence-electron chi connectivity index (χ3n) is 1.89. The average molecular weight is 235 g/mol. The van der Waals surface area contributed by atoms with Gasteiger partial charge < -0.3 is 18.9 Å². The lowest BCUT2D eigenvalue weighted by Gasteiger charge is -2.29. The van der Waals surface area contributed by atoms with Crippen LogP contribution in [-0.2, 0) is 25.8 Å². The standard InChI is InChI=1S/C7H14BO4PS/c1-10-4-6-5(3-7(8)11-6)12-13(2,9)14/h5-7H,3-4H2,1-2H3,(H,9,14)/p-1/t5?,6-,7-,13?/m1/s1. The Labute approximate surface area is 90.5 Å². The van der Waals surface area contributed by atoms with Crippen molar-refractivity contribution < 1.29 is 18.9 Å². The van der Waals surface area contributed by atoms with E-state index in [9.17, 15) is 4.89 Å². The molecule has 0 aromatic carbocycles. The minimum atomic E-state index is -2.91. The summed E-state index contributed by atoms with van der Waals surface area (Å²) in [6, 6.07) is -0.387. The molecular formula is C7H13BO4PS-. The van der Waals surface area contributed by atoms with E-state index in [1.165, 1.54) is 6.66 Å². The summed E-state index contributed by atoms with van der Waals surface area (Å²) in [5, 5.41) is 0. The third-order valence-corrected chi connectivity index (χ3v) is 2.80. The van der Waals surface area contributed by atoms with Crippen molar-refractivity contribution in [1.82, 2.24) is 0 Å². The monoisotopic (exact) mass is 235 g/mol. The topological polar surface area (TPSA) is 50.8 Å². The molecule has 80 valence electrons. The number of hydrogen-bond acceptors (Lipinski definition) is 5. The van der Waals surface area contributed by atoms with E-state index in [4.69, 9.17) is 33.7 Å². The van der Waals surface area contributed by atoms with E-state index in [1.807, 2.05) is 0 Å². The molecule has 0 aromatic heterocycles. The van der Waals surface area contributed by atoms with E-state index in [-0.39, 0.29) is 18.2 Å². The zero-order chi connectivity index (χ0) is 10.8. The molecule has 14 heavy (non-hydrogen) atoms. The fraction of sp³-hybridized carbons (Fsp3) is 1.00. The zero-order valence-electron chi connectivity index (χ0n) is 8.21. The van der Waals surface area contributed by atoms with Gasteiger partial charge in [-0.2, -0.15) is 0 Å². The molecule has 0 N–H and O–H groups in total. The maximum absolute atomic E-state index is 11.3. The summed E-state index contributed by atoms with van der Waals surface area (Å²) in [5.74, 6) is 0. The molecule has 1 aliphatic heterocycles. The minimum absolute atomic E-state index is 0.272. The fourth-order valence-corrected chi connectivity index (χ4v) is 2.46. The lowest BCUT2D eigenvalue weighted by atomic mass is 9.96. The Morgan fingerprint density at radius 3 is 2.86 bits per heavy atom. The predicted molar refractivity (Wildman–Crippen MR) is 56.0 cm³/mol. The molecule has 0 aromatic rings. The molecule has 1 heterocycles. The summed E-state index contributed by atoms with van der Waals surface area (Å²) in [6.07, 6.45) is -0.0906. The van der Waals surface area contributed by atoms with Gasteiger partial charge in [-0.1, -0.05) is 11.8 Å². The van der Waals surface area contributed by atoms with Crippen LogP contribution in [0.4, 0.5) is 0 Å². The lowest BCUT2D eigenvalue weighted by Crippen LogP contribution is -2.29. The van der Waals surface area contributed by atoms with Gasteiger partial charge in [0.2, 0.25) is 0 Å². The highest BCUT2D eigenvalue weighted by Gasteiger charge is 2.33. The highest BCUT2D eigenvalue weighted by atomic mass is 32.5. The highest BCUT2D eigenvalue weighted by molar-refractivity contribution is 8.08. The summed E-state index contributed by atoms with van der Waals surface area (Å²) in [4.78, 5) is 11.3. The maximum atomic E-state index is 11.3. The van der Waals surface area contributed by atoms with Crippen molar-refractivity contribution in [1.29, 1.82) is 0 Å². The predicted octanol–water partition coefficient (Wildman–Crippen LogP) is -0.399. The summed E-state index contributed by atoms with van der Waals surface area (Å²) >= 11 is 4.69. The van der Waals surface area contributed by atoms with Gasteiger partial charge in [0.1, 0.15) is 14.0 Å². The van der Waals surface area contributed by atoms with E-state index in [1.54, 1.807) is 7.11 Å². The first-order chi connectivity index (χ1) is 6.42. The summed E-state index contributed by atoms with van der Waals surface area (Å²) < 4.78 is 15.5. The Kier molecular flexibility index (Phi) is 4.56. The zero-order valence-corrected chi connectivity index (χ0v) is 9.92. The number of rotatable bonds is 4. The Balaban J connectivity index is 2.53. The van der Waals surface area contributed by atoms with Crippen LogP contribution in [0, 0.1) is 0 Å². The van der Waals surface area contributed by atoms with Gasteiger partial charge >= 0.3 is 0 Å². The number of methoxy groups -OCH3 is 1. The van der Waals surface area contributed by atoms with E-state index in [0.717, 1.165) is 0 Å². The van der Waals surface area contributed by atoms with Crippen LogP contribution in [0.25, 0.3) is 0 Å². The van der Waals surface area contributed by atoms with Gasteiger partial charge in [-0.25, -0.2) is 0 Å². The van der Waals surface area contributed by atoms with E-state index in [2.05, 4.69) is 0 Å². The second-order valence-corrected chi connectivity index (χ2v) is 7.06. The fourth-order valence-electron chi connectivity index (χ4n) is 1.42. The molecule has 1 aliphatic rings. The summed E-state index contributed by atoms with van der Waals surface area (Å²) in [5.41, 5.74) is 0. The Hall–Kier alpha value is 0.555. The second kappa shape index (κ2) is 5.06. The average Bonchev–Trinajstić information content (AvgIpc) is 2.28. The molecule has 4 atom stereocenters. The molecule has 7 heteroatoms. The summed E-state index contributed by atoms with van der Waals surface area (Å²) in [6.45, 7) is -1.14. The summed E-state index contributed by atoms with van der Waals surface area (Å²) in [7, 11) is 7.14. The molecule has 1 saturated heterocycles. The van der Waals surface area contributed by atoms with Crippen LogP contribution < -0.4 is 4.89 Å². The van der Waals surface area contributed by atoms with Crippen molar-refractivity contribution in [2.24, 2.45) is 0 Å². The second-order valence-electron chi connectivity index (χ2n) is 3.32. The highest BCUT2D eigenvalue weighted by Crippen LogP contribution is 2.38. The van der Waals surface area contributed by atoms with Gasteiger partial charge in [0.15, 0.2) is 0 Å². The first kappa shape index (κ1) is 12.6. The van der Waals surface area contributed by atoms with Gasteiger partial charge in [-0.05, 0) is 19.6 Å². The van der Waals surface area contributed by atoms with Crippen LogP contribution in [0.2, 0.25) is 0 Å². The van der Waals surface area contributed by atoms with Gasteiger partial charge in [0, 0.05) is 13.1 Å². The molecule has 2 radical (unpaired) electrons. The first-order valence-electron chi connectivity index (χ1n) is 4.29. The van der Waals surface area contributed by atoms with Crippen molar-refractivity contribution in [2.45, 2.75) is 24.6 Å². The van der Waals surface area contributed by atoms with Crippen LogP contribution in [0.15, 0.2) is 0 Å². The first-order valence-corrected chi connectivity index (χ1v) is 7.38. The lowest BCUT2D eigenvalue weighted by molar-refractivity contribution is -0.186. The molecule has 0 spiro atoms.